The van der Waals surface area contributed by atoms with Gasteiger partial charge in [-0.1, -0.05) is 0 Å². The van der Waals surface area contributed by atoms with E-state index in [0.29, 0.717) is 5.54 Å². The van der Waals surface area contributed by atoms with Crippen molar-refractivity contribution in [1.29, 1.82) is 0 Å². The van der Waals surface area contributed by atoms with Crippen molar-refractivity contribution in [2.45, 2.75) is 31.7 Å². The van der Waals surface area contributed by atoms with Gasteiger partial charge in [0.05, 0.1) is 0 Å². The van der Waals surface area contributed by atoms with Crippen molar-refractivity contribution in [1.82, 2.24) is 15.3 Å². The third-order valence-corrected chi connectivity index (χ3v) is 4.32. The highest BCUT2D eigenvalue weighted by Crippen LogP contribution is 2.46. The number of hydrogen-bond acceptors (Lipinski definition) is 4. The molecule has 0 bridgehead atoms. The Bertz CT molecular complexity index is 414. The molecule has 1 saturated carbocycles. The van der Waals surface area contributed by atoms with Crippen molar-refractivity contribution >= 4 is 5.95 Å². The lowest BCUT2D eigenvalue weighted by atomic mass is 9.97. The molecule has 1 saturated heterocycles. The monoisotopic (exact) mass is 232 g/mol. The Morgan fingerprint density at radius 1 is 1.47 bits per heavy atom. The van der Waals surface area contributed by atoms with Gasteiger partial charge in [-0.2, -0.15) is 0 Å². The van der Waals surface area contributed by atoms with E-state index in [1.807, 2.05) is 19.2 Å². The molecule has 0 aromatic carbocycles. The average molecular weight is 232 g/mol. The summed E-state index contributed by atoms with van der Waals surface area (Å²) in [4.78, 5) is 11.2. The summed E-state index contributed by atoms with van der Waals surface area (Å²) in [5, 5.41) is 3.51. The minimum atomic E-state index is 0.429. The van der Waals surface area contributed by atoms with Crippen LogP contribution in [0.15, 0.2) is 12.3 Å². The highest BCUT2D eigenvalue weighted by Gasteiger charge is 2.50. The first-order valence-corrected chi connectivity index (χ1v) is 6.47. The molecule has 4 heteroatoms. The van der Waals surface area contributed by atoms with Crippen LogP contribution < -0.4 is 10.2 Å². The second kappa shape index (κ2) is 3.95. The Kier molecular flexibility index (Phi) is 2.54. The summed E-state index contributed by atoms with van der Waals surface area (Å²) < 4.78 is 0. The summed E-state index contributed by atoms with van der Waals surface area (Å²) >= 11 is 0. The molecule has 1 aromatic heterocycles. The highest BCUT2D eigenvalue weighted by molar-refractivity contribution is 5.33. The molecular formula is C13H20N4. The number of hydrogen-bond donors (Lipinski definition) is 1. The SMILES string of the molecule is CNC1([C@H]2CCN(c3nccc(C)n3)C2)CC1. The van der Waals surface area contributed by atoms with Gasteiger partial charge < -0.3 is 10.2 Å². The standard InChI is InChI=1S/C13H20N4/c1-10-3-7-15-12(16-10)17-8-4-11(9-17)13(14-2)5-6-13/h3,7,11,14H,4-6,8-9H2,1-2H3/t11-/m0/s1. The molecule has 2 aliphatic rings. The van der Waals surface area contributed by atoms with Crippen LogP contribution in [0.2, 0.25) is 0 Å². The van der Waals surface area contributed by atoms with E-state index in [4.69, 9.17) is 0 Å². The van der Waals surface area contributed by atoms with Crippen molar-refractivity contribution in [3.63, 3.8) is 0 Å². The molecule has 1 N–H and O–H groups in total. The molecule has 4 nitrogen and oxygen atoms in total. The zero-order valence-corrected chi connectivity index (χ0v) is 10.6. The molecular weight excluding hydrogens is 212 g/mol. The Balaban J connectivity index is 1.72. The predicted octanol–water partition coefficient (Wildman–Crippen LogP) is 1.36. The van der Waals surface area contributed by atoms with Gasteiger partial charge in [0.15, 0.2) is 0 Å². The van der Waals surface area contributed by atoms with Gasteiger partial charge in [-0.3, -0.25) is 0 Å². The topological polar surface area (TPSA) is 41.0 Å². The van der Waals surface area contributed by atoms with E-state index in [2.05, 4.69) is 27.2 Å². The molecule has 3 rings (SSSR count). The maximum atomic E-state index is 4.51. The number of nitrogens with zero attached hydrogens (tertiary/aromatic N) is 3. The van der Waals surface area contributed by atoms with E-state index in [1.165, 1.54) is 19.3 Å². The van der Waals surface area contributed by atoms with E-state index in [1.54, 1.807) is 0 Å². The summed E-state index contributed by atoms with van der Waals surface area (Å²) in [6, 6.07) is 1.95. The zero-order chi connectivity index (χ0) is 11.9. The lowest BCUT2D eigenvalue weighted by molar-refractivity contribution is 0.381. The van der Waals surface area contributed by atoms with Crippen molar-refractivity contribution in [3.8, 4) is 0 Å². The van der Waals surface area contributed by atoms with Gasteiger partial charge >= 0.3 is 0 Å². The lowest BCUT2D eigenvalue weighted by Crippen LogP contribution is -2.37. The second-order valence-corrected chi connectivity index (χ2v) is 5.34. The quantitative estimate of drug-likeness (QED) is 0.854. The minimum Gasteiger partial charge on any atom is -0.340 e. The molecule has 1 aromatic rings. The molecule has 0 spiro atoms. The summed E-state index contributed by atoms with van der Waals surface area (Å²) in [5.41, 5.74) is 1.48. The number of rotatable bonds is 3. The van der Waals surface area contributed by atoms with Crippen LogP contribution in [0.1, 0.15) is 25.0 Å². The Labute approximate surface area is 102 Å². The van der Waals surface area contributed by atoms with Gasteiger partial charge in [0.25, 0.3) is 0 Å². The first kappa shape index (κ1) is 11.0. The van der Waals surface area contributed by atoms with Crippen LogP contribution in [0.5, 0.6) is 0 Å². The predicted molar refractivity (Wildman–Crippen MR) is 68.1 cm³/mol. The van der Waals surface area contributed by atoms with E-state index in [0.717, 1.165) is 30.6 Å². The molecule has 0 amide bonds. The summed E-state index contributed by atoms with van der Waals surface area (Å²) in [6.07, 6.45) is 5.78. The zero-order valence-electron chi connectivity index (χ0n) is 10.6. The highest BCUT2D eigenvalue weighted by atomic mass is 15.3. The summed E-state index contributed by atoms with van der Waals surface area (Å²) in [7, 11) is 2.10. The average Bonchev–Trinajstić information content (AvgIpc) is 2.99. The number of nitrogens with one attached hydrogen (secondary N) is 1. The fourth-order valence-electron chi connectivity index (χ4n) is 2.98. The molecule has 2 heterocycles. The van der Waals surface area contributed by atoms with E-state index in [9.17, 15) is 0 Å². The number of anilines is 1. The molecule has 1 aliphatic carbocycles. The fraction of sp³-hybridized carbons (Fsp3) is 0.692. The first-order valence-electron chi connectivity index (χ1n) is 6.47. The van der Waals surface area contributed by atoms with Crippen LogP contribution in [-0.2, 0) is 0 Å². The van der Waals surface area contributed by atoms with Crippen molar-refractivity contribution < 1.29 is 0 Å². The molecule has 17 heavy (non-hydrogen) atoms. The van der Waals surface area contributed by atoms with Crippen LogP contribution in [0.3, 0.4) is 0 Å². The smallest absolute Gasteiger partial charge is 0.225 e. The van der Waals surface area contributed by atoms with Crippen molar-refractivity contribution in [2.75, 3.05) is 25.0 Å². The van der Waals surface area contributed by atoms with Gasteiger partial charge in [-0.15, -0.1) is 0 Å². The van der Waals surface area contributed by atoms with E-state index >= 15 is 0 Å². The molecule has 0 radical (unpaired) electrons. The maximum Gasteiger partial charge on any atom is 0.225 e. The summed E-state index contributed by atoms with van der Waals surface area (Å²) in [5.74, 6) is 1.66. The first-order chi connectivity index (χ1) is 8.23. The second-order valence-electron chi connectivity index (χ2n) is 5.34. The molecule has 2 fully saturated rings. The van der Waals surface area contributed by atoms with Gasteiger partial charge in [-0.05, 0) is 45.2 Å². The van der Waals surface area contributed by atoms with Crippen LogP contribution in [0, 0.1) is 12.8 Å². The van der Waals surface area contributed by atoms with Gasteiger partial charge in [0.2, 0.25) is 5.95 Å². The van der Waals surface area contributed by atoms with Crippen LogP contribution in [-0.4, -0.2) is 35.6 Å². The Morgan fingerprint density at radius 2 is 2.29 bits per heavy atom. The fourth-order valence-corrected chi connectivity index (χ4v) is 2.98. The third-order valence-electron chi connectivity index (χ3n) is 4.32. The lowest BCUT2D eigenvalue weighted by Gasteiger charge is -2.23. The molecule has 1 atom stereocenters. The molecule has 92 valence electrons. The summed E-state index contributed by atoms with van der Waals surface area (Å²) in [6.45, 7) is 4.22. The maximum absolute atomic E-state index is 4.51. The number of aryl methyl sites for hydroxylation is 1. The van der Waals surface area contributed by atoms with Crippen molar-refractivity contribution in [2.24, 2.45) is 5.92 Å². The van der Waals surface area contributed by atoms with Gasteiger partial charge in [-0.25, -0.2) is 9.97 Å². The Morgan fingerprint density at radius 3 is 2.94 bits per heavy atom. The van der Waals surface area contributed by atoms with Crippen molar-refractivity contribution in [3.05, 3.63) is 18.0 Å². The van der Waals surface area contributed by atoms with Crippen LogP contribution in [0.25, 0.3) is 0 Å². The van der Waals surface area contributed by atoms with Crippen LogP contribution in [0.4, 0.5) is 5.95 Å². The van der Waals surface area contributed by atoms with Crippen LogP contribution >= 0.6 is 0 Å². The van der Waals surface area contributed by atoms with E-state index in [-0.39, 0.29) is 0 Å². The Hall–Kier alpha value is -1.16. The minimum absolute atomic E-state index is 0.429. The third kappa shape index (κ3) is 1.90. The van der Waals surface area contributed by atoms with Gasteiger partial charge in [0.1, 0.15) is 0 Å². The van der Waals surface area contributed by atoms with Gasteiger partial charge in [0, 0.05) is 30.5 Å². The molecule has 0 unspecified atom stereocenters. The largest absolute Gasteiger partial charge is 0.340 e. The molecule has 1 aliphatic heterocycles. The van der Waals surface area contributed by atoms with E-state index < -0.39 is 0 Å². The number of aromatic nitrogens is 2. The normalized spacial score (nSPS) is 26.2.